The van der Waals surface area contributed by atoms with Gasteiger partial charge < -0.3 is 34.5 Å². The normalized spacial score (nSPS) is 23.6. The lowest BCUT2D eigenvalue weighted by Crippen LogP contribution is -2.64. The number of aromatic nitrogens is 3. The lowest BCUT2D eigenvalue weighted by Gasteiger charge is -2.47. The number of nitrogens with zero attached hydrogens (tertiary/aromatic N) is 5. The Labute approximate surface area is 225 Å². The minimum atomic E-state index is -0.544. The van der Waals surface area contributed by atoms with E-state index in [2.05, 4.69) is 20.2 Å². The Morgan fingerprint density at radius 3 is 2.58 bits per heavy atom. The van der Waals surface area contributed by atoms with Gasteiger partial charge in [-0.3, -0.25) is 0 Å². The van der Waals surface area contributed by atoms with Crippen molar-refractivity contribution in [3.8, 4) is 6.01 Å². The number of fused-ring (bicyclic) bond motifs is 4. The summed E-state index contributed by atoms with van der Waals surface area (Å²) >= 11 is 2.43. The molecule has 14 heteroatoms. The molecule has 3 N–H and O–H groups in total. The molecule has 2 bridgehead atoms. The van der Waals surface area contributed by atoms with Crippen molar-refractivity contribution >= 4 is 56.0 Å². The van der Waals surface area contributed by atoms with Gasteiger partial charge in [-0.15, -0.1) is 0 Å². The minimum Gasteiger partial charge on any atom is -0.467 e. The van der Waals surface area contributed by atoms with Crippen LogP contribution in [0.25, 0.3) is 21.7 Å². The molecule has 2 aromatic heterocycles. The van der Waals surface area contributed by atoms with E-state index in [0.29, 0.717) is 54.8 Å². The first-order valence-electron chi connectivity index (χ1n) is 12.3. The first-order valence-corrected chi connectivity index (χ1v) is 13.9. The molecule has 6 heterocycles. The molecule has 3 aromatic rings. The number of ether oxygens (including phenoxy) is 3. The molecule has 1 aromatic carbocycles. The molecule has 3 saturated heterocycles. The summed E-state index contributed by atoms with van der Waals surface area (Å²) in [4.78, 5) is 16.4. The maximum Gasteiger partial charge on any atom is 0.318 e. The van der Waals surface area contributed by atoms with Gasteiger partial charge in [-0.1, -0.05) is 11.3 Å². The molecule has 4 aliphatic rings. The first kappa shape index (κ1) is 24.3. The highest BCUT2D eigenvalue weighted by Gasteiger charge is 2.41. The number of piperazine rings is 1. The number of methoxy groups -OCH3 is 1. The number of benzene rings is 1. The van der Waals surface area contributed by atoms with Crippen LogP contribution in [0.2, 0.25) is 0 Å². The predicted octanol–water partition coefficient (Wildman–Crippen LogP) is 2.76. The molecule has 200 valence electrons. The summed E-state index contributed by atoms with van der Waals surface area (Å²) < 4.78 is 50.3. The van der Waals surface area contributed by atoms with Crippen molar-refractivity contribution in [1.82, 2.24) is 24.6 Å². The van der Waals surface area contributed by atoms with Gasteiger partial charge in [0.25, 0.3) is 0 Å². The lowest BCUT2D eigenvalue weighted by molar-refractivity contribution is -0.0343. The molecule has 2 atom stereocenters. The second-order valence-corrected chi connectivity index (χ2v) is 11.7. The van der Waals surface area contributed by atoms with Crippen LogP contribution in [0.1, 0.15) is 11.3 Å². The van der Waals surface area contributed by atoms with Crippen molar-refractivity contribution in [2.24, 2.45) is 5.92 Å². The van der Waals surface area contributed by atoms with E-state index in [4.69, 9.17) is 24.9 Å². The summed E-state index contributed by atoms with van der Waals surface area (Å²) in [6, 6.07) is 3.05. The van der Waals surface area contributed by atoms with Gasteiger partial charge in [0.15, 0.2) is 16.8 Å². The Balaban J connectivity index is 1.43. The van der Waals surface area contributed by atoms with Crippen LogP contribution in [-0.2, 0) is 9.47 Å². The van der Waals surface area contributed by atoms with E-state index in [9.17, 15) is 4.39 Å². The summed E-state index contributed by atoms with van der Waals surface area (Å²) in [7, 11) is 1.47. The molecule has 4 aliphatic heterocycles. The fourth-order valence-electron chi connectivity index (χ4n) is 5.36. The maximum absolute atomic E-state index is 16.8. The molecule has 0 radical (unpaired) electrons. The van der Waals surface area contributed by atoms with E-state index in [1.54, 1.807) is 6.07 Å². The zero-order valence-corrected chi connectivity index (χ0v) is 22.1. The SMILES string of the molecule is COc1nc2c(c(N3C4CNCC3COC4)n1)SN(CC1COC1)C(c1ccc(F)c3sc(N)nc13)=C2F. The van der Waals surface area contributed by atoms with Crippen LogP contribution in [0, 0.1) is 11.7 Å². The van der Waals surface area contributed by atoms with Gasteiger partial charge in [-0.2, -0.15) is 9.97 Å². The molecular weight excluding hydrogens is 536 g/mol. The van der Waals surface area contributed by atoms with Crippen molar-refractivity contribution in [3.63, 3.8) is 0 Å². The van der Waals surface area contributed by atoms with E-state index in [1.807, 2.05) is 4.31 Å². The number of anilines is 2. The summed E-state index contributed by atoms with van der Waals surface area (Å²) in [6.45, 7) is 4.25. The summed E-state index contributed by atoms with van der Waals surface area (Å²) in [5, 5.41) is 3.67. The number of nitrogen functional groups attached to an aromatic ring is 1. The van der Waals surface area contributed by atoms with Gasteiger partial charge in [0, 0.05) is 31.1 Å². The van der Waals surface area contributed by atoms with E-state index in [-0.39, 0.29) is 45.2 Å². The van der Waals surface area contributed by atoms with Gasteiger partial charge in [0.1, 0.15) is 16.4 Å². The molecular formula is C24H25F2N7O3S2. The van der Waals surface area contributed by atoms with Gasteiger partial charge in [0.2, 0.25) is 0 Å². The molecule has 2 unspecified atom stereocenters. The average molecular weight is 562 g/mol. The molecule has 10 nitrogen and oxygen atoms in total. The van der Waals surface area contributed by atoms with Crippen LogP contribution in [0.3, 0.4) is 0 Å². The highest BCUT2D eigenvalue weighted by atomic mass is 32.2. The zero-order chi connectivity index (χ0) is 26.0. The Bertz CT molecular complexity index is 1430. The van der Waals surface area contributed by atoms with Crippen LogP contribution >= 0.6 is 23.3 Å². The van der Waals surface area contributed by atoms with E-state index >= 15 is 4.39 Å². The van der Waals surface area contributed by atoms with Crippen molar-refractivity contribution < 1.29 is 23.0 Å². The minimum absolute atomic E-state index is 0.0448. The molecule has 38 heavy (non-hydrogen) atoms. The molecule has 3 fully saturated rings. The Morgan fingerprint density at radius 2 is 1.87 bits per heavy atom. The third kappa shape index (κ3) is 3.88. The Morgan fingerprint density at radius 1 is 1.11 bits per heavy atom. The predicted molar refractivity (Wildman–Crippen MR) is 141 cm³/mol. The number of rotatable bonds is 5. The lowest BCUT2D eigenvalue weighted by atomic mass is 10.0. The van der Waals surface area contributed by atoms with Crippen LogP contribution in [0.5, 0.6) is 6.01 Å². The Kier molecular flexibility index (Phi) is 6.04. The summed E-state index contributed by atoms with van der Waals surface area (Å²) in [5.74, 6) is -0.141. The number of halogens is 2. The number of morpholine rings is 1. The van der Waals surface area contributed by atoms with Crippen LogP contribution in [0.15, 0.2) is 17.0 Å². The highest BCUT2D eigenvalue weighted by Crippen LogP contribution is 2.51. The molecule has 7 rings (SSSR count). The third-order valence-electron chi connectivity index (χ3n) is 7.19. The van der Waals surface area contributed by atoms with Crippen molar-refractivity contribution in [2.45, 2.75) is 17.0 Å². The Hall–Kier alpha value is -2.78. The quantitative estimate of drug-likeness (QED) is 0.449. The molecule has 0 spiro atoms. The van der Waals surface area contributed by atoms with Crippen LogP contribution in [0.4, 0.5) is 19.7 Å². The third-order valence-corrected chi connectivity index (χ3v) is 9.19. The van der Waals surface area contributed by atoms with E-state index in [1.165, 1.54) is 25.1 Å². The van der Waals surface area contributed by atoms with Crippen molar-refractivity contribution in [1.29, 1.82) is 0 Å². The smallest absolute Gasteiger partial charge is 0.318 e. The number of nitrogens with one attached hydrogen (secondary N) is 1. The summed E-state index contributed by atoms with van der Waals surface area (Å²) in [5.41, 5.74) is 7.14. The first-order chi connectivity index (χ1) is 18.5. The second kappa shape index (κ2) is 9.45. The highest BCUT2D eigenvalue weighted by molar-refractivity contribution is 7.97. The monoisotopic (exact) mass is 561 g/mol. The maximum atomic E-state index is 16.8. The number of hydrogen-bond acceptors (Lipinski definition) is 12. The van der Waals surface area contributed by atoms with Gasteiger partial charge in [-0.05, 0) is 24.1 Å². The summed E-state index contributed by atoms with van der Waals surface area (Å²) in [6.07, 6.45) is 0. The number of hydrogen-bond donors (Lipinski definition) is 2. The average Bonchev–Trinajstić information content (AvgIpc) is 3.28. The molecule has 0 aliphatic carbocycles. The molecule has 0 amide bonds. The van der Waals surface area contributed by atoms with Crippen LogP contribution in [-0.4, -0.2) is 84.5 Å². The topological polar surface area (TPSA) is 111 Å². The fourth-order valence-corrected chi connectivity index (χ4v) is 7.35. The van der Waals surface area contributed by atoms with Gasteiger partial charge >= 0.3 is 6.01 Å². The number of thiazole rings is 1. The van der Waals surface area contributed by atoms with Crippen molar-refractivity contribution in [3.05, 3.63) is 29.2 Å². The van der Waals surface area contributed by atoms with E-state index in [0.717, 1.165) is 24.4 Å². The van der Waals surface area contributed by atoms with Gasteiger partial charge in [-0.25, -0.2) is 13.8 Å². The zero-order valence-electron chi connectivity index (χ0n) is 20.4. The van der Waals surface area contributed by atoms with Crippen molar-refractivity contribution in [2.75, 3.05) is 63.8 Å². The largest absolute Gasteiger partial charge is 0.467 e. The van der Waals surface area contributed by atoms with E-state index < -0.39 is 11.6 Å². The van der Waals surface area contributed by atoms with Crippen LogP contribution < -0.4 is 20.7 Å². The fraction of sp³-hybridized carbons (Fsp3) is 0.458. The van der Waals surface area contributed by atoms with Gasteiger partial charge in [0.05, 0.1) is 61.5 Å². The standard InChI is InChI=1S/C24H25F2N7O3S2/c1-34-24-30-18-16(26)19(14-2-3-15(25)20-17(14)29-23(27)37-20)32(6-11-7-35-8-11)38-21(18)22(31-24)33-12-4-28-5-13(33)10-36-9-12/h2-3,11-13,28H,4-10H2,1H3,(H2,27,29). The number of nitrogens with two attached hydrogens (primary N) is 1. The second-order valence-electron chi connectivity index (χ2n) is 9.67. The molecule has 0 saturated carbocycles.